The van der Waals surface area contributed by atoms with Crippen LogP contribution in [0.3, 0.4) is 0 Å². The second kappa shape index (κ2) is 5.74. The van der Waals surface area contributed by atoms with Gasteiger partial charge in [0.2, 0.25) is 0 Å². The van der Waals surface area contributed by atoms with Gasteiger partial charge in [0.1, 0.15) is 11.6 Å². The van der Waals surface area contributed by atoms with Gasteiger partial charge in [0, 0.05) is 6.04 Å². The van der Waals surface area contributed by atoms with Crippen molar-refractivity contribution in [2.45, 2.75) is 18.9 Å². The highest BCUT2D eigenvalue weighted by atomic mass is 19.1. The molecule has 2 aromatic carbocycles. The maximum absolute atomic E-state index is 13.4. The van der Waals surface area contributed by atoms with Crippen LogP contribution in [0.4, 0.5) is 8.78 Å². The Bertz CT molecular complexity index is 511. The van der Waals surface area contributed by atoms with Crippen molar-refractivity contribution in [3.8, 4) is 0 Å². The third-order valence-electron chi connectivity index (χ3n) is 2.83. The van der Waals surface area contributed by atoms with E-state index in [-0.39, 0.29) is 6.04 Å². The van der Waals surface area contributed by atoms with E-state index in [0.29, 0.717) is 18.4 Å². The number of nitrogens with two attached hydrogens (primary N) is 1. The topological polar surface area (TPSA) is 26.0 Å². The molecular formula is C15H15F2N. The van der Waals surface area contributed by atoms with Crippen LogP contribution in [0.1, 0.15) is 11.1 Å². The summed E-state index contributed by atoms with van der Waals surface area (Å²) in [6.45, 7) is 0. The normalized spacial score (nSPS) is 12.4. The van der Waals surface area contributed by atoms with E-state index in [1.54, 1.807) is 0 Å². The van der Waals surface area contributed by atoms with Gasteiger partial charge < -0.3 is 5.73 Å². The predicted octanol–water partition coefficient (Wildman–Crippen LogP) is 3.08. The molecule has 0 aliphatic carbocycles. The van der Waals surface area contributed by atoms with Crippen molar-refractivity contribution < 1.29 is 8.78 Å². The second-order valence-electron chi connectivity index (χ2n) is 4.39. The van der Waals surface area contributed by atoms with E-state index in [0.717, 1.165) is 17.7 Å². The first-order valence-electron chi connectivity index (χ1n) is 5.88. The Labute approximate surface area is 105 Å². The maximum atomic E-state index is 13.4. The molecule has 1 unspecified atom stereocenters. The first-order chi connectivity index (χ1) is 8.65. The van der Waals surface area contributed by atoms with Crippen molar-refractivity contribution in [2.24, 2.45) is 5.73 Å². The molecule has 0 radical (unpaired) electrons. The molecule has 0 heterocycles. The zero-order valence-corrected chi connectivity index (χ0v) is 9.94. The van der Waals surface area contributed by atoms with Crippen molar-refractivity contribution in [1.82, 2.24) is 0 Å². The molecule has 2 N–H and O–H groups in total. The highest BCUT2D eigenvalue weighted by Gasteiger charge is 2.10. The van der Waals surface area contributed by atoms with Crippen LogP contribution >= 0.6 is 0 Å². The van der Waals surface area contributed by atoms with Crippen molar-refractivity contribution in [3.63, 3.8) is 0 Å². The Morgan fingerprint density at radius 1 is 0.944 bits per heavy atom. The first-order valence-corrected chi connectivity index (χ1v) is 5.88. The molecule has 0 bridgehead atoms. The largest absolute Gasteiger partial charge is 0.327 e. The zero-order chi connectivity index (χ0) is 13.0. The van der Waals surface area contributed by atoms with E-state index in [2.05, 4.69) is 0 Å². The van der Waals surface area contributed by atoms with E-state index in [9.17, 15) is 8.78 Å². The molecule has 94 valence electrons. The third kappa shape index (κ3) is 3.37. The number of hydrogen-bond donors (Lipinski definition) is 1. The van der Waals surface area contributed by atoms with Gasteiger partial charge in [-0.2, -0.15) is 0 Å². The van der Waals surface area contributed by atoms with Crippen molar-refractivity contribution >= 4 is 0 Å². The van der Waals surface area contributed by atoms with E-state index in [1.165, 1.54) is 6.07 Å². The lowest BCUT2D eigenvalue weighted by Crippen LogP contribution is -2.26. The Morgan fingerprint density at radius 2 is 1.67 bits per heavy atom. The monoisotopic (exact) mass is 247 g/mol. The van der Waals surface area contributed by atoms with Crippen LogP contribution in [0.5, 0.6) is 0 Å². The molecule has 1 atom stereocenters. The van der Waals surface area contributed by atoms with Crippen LogP contribution in [0.25, 0.3) is 0 Å². The number of rotatable bonds is 4. The summed E-state index contributed by atoms with van der Waals surface area (Å²) < 4.78 is 26.5. The van der Waals surface area contributed by atoms with E-state index < -0.39 is 11.6 Å². The molecule has 0 fully saturated rings. The number of hydrogen-bond acceptors (Lipinski definition) is 1. The number of benzene rings is 2. The van der Waals surface area contributed by atoms with Crippen LogP contribution in [-0.2, 0) is 12.8 Å². The minimum atomic E-state index is -0.432. The summed E-state index contributed by atoms with van der Waals surface area (Å²) in [5.74, 6) is -0.835. The Kier molecular flexibility index (Phi) is 4.05. The third-order valence-corrected chi connectivity index (χ3v) is 2.83. The van der Waals surface area contributed by atoms with Gasteiger partial charge >= 0.3 is 0 Å². The van der Waals surface area contributed by atoms with Gasteiger partial charge in [-0.05, 0) is 42.2 Å². The Hall–Kier alpha value is -1.74. The molecule has 2 rings (SSSR count). The highest BCUT2D eigenvalue weighted by Crippen LogP contribution is 2.13. The van der Waals surface area contributed by atoms with Gasteiger partial charge in [0.25, 0.3) is 0 Å². The molecule has 0 saturated heterocycles. The Balaban J connectivity index is 2.03. The van der Waals surface area contributed by atoms with Gasteiger partial charge in [-0.25, -0.2) is 8.78 Å². The standard InChI is InChI=1S/C15H15F2N/c16-13-6-7-15(17)12(9-13)10-14(18)8-11-4-2-1-3-5-11/h1-7,9,14H,8,10,18H2. The van der Waals surface area contributed by atoms with E-state index in [1.807, 2.05) is 30.3 Å². The average Bonchev–Trinajstić information content (AvgIpc) is 2.35. The summed E-state index contributed by atoms with van der Waals surface area (Å²) in [4.78, 5) is 0. The zero-order valence-electron chi connectivity index (χ0n) is 9.94. The van der Waals surface area contributed by atoms with Gasteiger partial charge in [-0.15, -0.1) is 0 Å². The minimum Gasteiger partial charge on any atom is -0.327 e. The smallest absolute Gasteiger partial charge is 0.126 e. The quantitative estimate of drug-likeness (QED) is 0.882. The second-order valence-corrected chi connectivity index (χ2v) is 4.39. The minimum absolute atomic E-state index is 0.219. The average molecular weight is 247 g/mol. The molecule has 18 heavy (non-hydrogen) atoms. The molecule has 0 aliphatic heterocycles. The van der Waals surface area contributed by atoms with Crippen LogP contribution < -0.4 is 5.73 Å². The molecule has 3 heteroatoms. The lowest BCUT2D eigenvalue weighted by atomic mass is 9.99. The molecule has 0 saturated carbocycles. The predicted molar refractivity (Wildman–Crippen MR) is 68.2 cm³/mol. The van der Waals surface area contributed by atoms with Crippen molar-refractivity contribution in [3.05, 3.63) is 71.3 Å². The molecule has 0 amide bonds. The van der Waals surface area contributed by atoms with Gasteiger partial charge in [0.15, 0.2) is 0 Å². The van der Waals surface area contributed by atoms with Crippen LogP contribution in [0, 0.1) is 11.6 Å². The molecule has 0 spiro atoms. The molecule has 1 nitrogen and oxygen atoms in total. The van der Waals surface area contributed by atoms with E-state index in [4.69, 9.17) is 5.73 Å². The van der Waals surface area contributed by atoms with Gasteiger partial charge in [-0.1, -0.05) is 30.3 Å². The van der Waals surface area contributed by atoms with Crippen LogP contribution in [-0.4, -0.2) is 6.04 Å². The van der Waals surface area contributed by atoms with Gasteiger partial charge in [-0.3, -0.25) is 0 Å². The van der Waals surface area contributed by atoms with Crippen LogP contribution in [0.2, 0.25) is 0 Å². The summed E-state index contributed by atoms with van der Waals surface area (Å²) in [5.41, 5.74) is 7.40. The van der Waals surface area contributed by atoms with E-state index >= 15 is 0 Å². The van der Waals surface area contributed by atoms with Crippen molar-refractivity contribution in [1.29, 1.82) is 0 Å². The summed E-state index contributed by atoms with van der Waals surface area (Å²) >= 11 is 0. The summed E-state index contributed by atoms with van der Waals surface area (Å²) in [6, 6.07) is 13.0. The first kappa shape index (κ1) is 12.7. The summed E-state index contributed by atoms with van der Waals surface area (Å²) in [6.07, 6.45) is 0.981. The summed E-state index contributed by atoms with van der Waals surface area (Å²) in [5, 5.41) is 0. The lowest BCUT2D eigenvalue weighted by molar-refractivity contribution is 0.566. The fourth-order valence-corrected chi connectivity index (χ4v) is 1.97. The molecular weight excluding hydrogens is 232 g/mol. The lowest BCUT2D eigenvalue weighted by Gasteiger charge is -2.12. The highest BCUT2D eigenvalue weighted by molar-refractivity contribution is 5.21. The Morgan fingerprint density at radius 3 is 2.39 bits per heavy atom. The fraction of sp³-hybridized carbons (Fsp3) is 0.200. The molecule has 2 aromatic rings. The fourth-order valence-electron chi connectivity index (χ4n) is 1.97. The van der Waals surface area contributed by atoms with Gasteiger partial charge in [0.05, 0.1) is 0 Å². The number of halogens is 2. The molecule has 0 aliphatic rings. The summed E-state index contributed by atoms with van der Waals surface area (Å²) in [7, 11) is 0. The van der Waals surface area contributed by atoms with Crippen molar-refractivity contribution in [2.75, 3.05) is 0 Å². The van der Waals surface area contributed by atoms with Crippen LogP contribution in [0.15, 0.2) is 48.5 Å². The molecule has 0 aromatic heterocycles. The SMILES string of the molecule is NC(Cc1ccccc1)Cc1cc(F)ccc1F. The maximum Gasteiger partial charge on any atom is 0.126 e.